The quantitative estimate of drug-likeness (QED) is 0.757. The first-order valence-corrected chi connectivity index (χ1v) is 8.01. The van der Waals surface area contributed by atoms with Crippen molar-refractivity contribution in [2.75, 3.05) is 13.1 Å². The third-order valence-corrected chi connectivity index (χ3v) is 4.57. The summed E-state index contributed by atoms with van der Waals surface area (Å²) in [7, 11) is 0. The summed E-state index contributed by atoms with van der Waals surface area (Å²) in [5, 5.41) is 3.66. The molecule has 0 saturated carbocycles. The Bertz CT molecular complexity index is 420. The van der Waals surface area contributed by atoms with Crippen molar-refractivity contribution in [1.29, 1.82) is 0 Å². The molecule has 20 heavy (non-hydrogen) atoms. The SMILES string of the molecule is Cc1ccc(C)c(CC(C)(CNCC(C)C)C(C)C)c1. The smallest absolute Gasteiger partial charge is 0.00109 e. The summed E-state index contributed by atoms with van der Waals surface area (Å²) in [5.41, 5.74) is 4.61. The molecule has 0 saturated heterocycles. The fraction of sp³-hybridized carbons (Fsp3) is 0.684. The van der Waals surface area contributed by atoms with Gasteiger partial charge in [-0.1, -0.05) is 58.4 Å². The van der Waals surface area contributed by atoms with Crippen molar-refractivity contribution >= 4 is 0 Å². The second kappa shape index (κ2) is 7.26. The fourth-order valence-corrected chi connectivity index (χ4v) is 2.54. The van der Waals surface area contributed by atoms with Crippen LogP contribution in [0.3, 0.4) is 0 Å². The molecule has 0 aliphatic heterocycles. The minimum atomic E-state index is 0.313. The Kier molecular flexibility index (Phi) is 6.26. The van der Waals surface area contributed by atoms with Gasteiger partial charge in [0.05, 0.1) is 0 Å². The molecule has 0 aliphatic rings. The number of hydrogen-bond donors (Lipinski definition) is 1. The summed E-state index contributed by atoms with van der Waals surface area (Å²) in [4.78, 5) is 0. The zero-order valence-corrected chi connectivity index (χ0v) is 14.5. The van der Waals surface area contributed by atoms with E-state index < -0.39 is 0 Å². The predicted molar refractivity (Wildman–Crippen MR) is 90.3 cm³/mol. The van der Waals surface area contributed by atoms with Gasteiger partial charge in [0.25, 0.3) is 0 Å². The zero-order valence-electron chi connectivity index (χ0n) is 14.5. The van der Waals surface area contributed by atoms with Crippen molar-refractivity contribution in [3.8, 4) is 0 Å². The normalized spacial score (nSPS) is 14.8. The topological polar surface area (TPSA) is 12.0 Å². The van der Waals surface area contributed by atoms with Gasteiger partial charge in [0.2, 0.25) is 0 Å². The minimum Gasteiger partial charge on any atom is -0.316 e. The highest BCUT2D eigenvalue weighted by Crippen LogP contribution is 2.32. The number of aryl methyl sites for hydroxylation is 2. The molecule has 1 nitrogen and oxygen atoms in total. The monoisotopic (exact) mass is 275 g/mol. The van der Waals surface area contributed by atoms with Crippen molar-refractivity contribution in [2.24, 2.45) is 17.3 Å². The third-order valence-electron chi connectivity index (χ3n) is 4.57. The Labute approximate surface area is 126 Å². The molecule has 0 amide bonds. The molecule has 0 aromatic heterocycles. The standard InChI is InChI=1S/C19H33N/c1-14(2)12-20-13-19(7,15(3)4)11-18-10-16(5)8-9-17(18)6/h8-10,14-15,20H,11-13H2,1-7H3. The highest BCUT2D eigenvalue weighted by Gasteiger charge is 2.28. The minimum absolute atomic E-state index is 0.313. The molecular formula is C19H33N. The average molecular weight is 275 g/mol. The lowest BCUT2D eigenvalue weighted by Crippen LogP contribution is -2.39. The summed E-state index contributed by atoms with van der Waals surface area (Å²) < 4.78 is 0. The maximum absolute atomic E-state index is 3.66. The van der Waals surface area contributed by atoms with Crippen molar-refractivity contribution in [1.82, 2.24) is 5.32 Å². The van der Waals surface area contributed by atoms with E-state index in [0.29, 0.717) is 17.3 Å². The molecule has 0 heterocycles. The van der Waals surface area contributed by atoms with Crippen molar-refractivity contribution < 1.29 is 0 Å². The molecule has 1 aromatic carbocycles. The van der Waals surface area contributed by atoms with Crippen LogP contribution >= 0.6 is 0 Å². The van der Waals surface area contributed by atoms with Crippen LogP contribution < -0.4 is 5.32 Å². The molecule has 1 rings (SSSR count). The Morgan fingerprint density at radius 3 is 2.30 bits per heavy atom. The van der Waals surface area contributed by atoms with Crippen LogP contribution in [-0.2, 0) is 6.42 Å². The van der Waals surface area contributed by atoms with Crippen molar-refractivity contribution in [2.45, 2.75) is 54.9 Å². The molecule has 1 atom stereocenters. The first-order chi connectivity index (χ1) is 9.24. The van der Waals surface area contributed by atoms with E-state index in [9.17, 15) is 0 Å². The molecule has 0 bridgehead atoms. The van der Waals surface area contributed by atoms with Gasteiger partial charge in [-0.05, 0) is 55.2 Å². The van der Waals surface area contributed by atoms with Crippen LogP contribution in [-0.4, -0.2) is 13.1 Å². The van der Waals surface area contributed by atoms with Gasteiger partial charge in [0, 0.05) is 6.54 Å². The van der Waals surface area contributed by atoms with Crippen molar-refractivity contribution in [3.05, 3.63) is 34.9 Å². The molecule has 0 radical (unpaired) electrons. The van der Waals surface area contributed by atoms with E-state index in [4.69, 9.17) is 0 Å². The molecule has 0 fully saturated rings. The molecule has 1 N–H and O–H groups in total. The first-order valence-electron chi connectivity index (χ1n) is 8.01. The van der Waals surface area contributed by atoms with Gasteiger partial charge in [-0.3, -0.25) is 0 Å². The van der Waals surface area contributed by atoms with E-state index in [-0.39, 0.29) is 0 Å². The Hall–Kier alpha value is -0.820. The van der Waals surface area contributed by atoms with Crippen LogP contribution in [0.15, 0.2) is 18.2 Å². The average Bonchev–Trinajstić information content (AvgIpc) is 2.33. The lowest BCUT2D eigenvalue weighted by molar-refractivity contribution is 0.204. The lowest BCUT2D eigenvalue weighted by Gasteiger charge is -2.35. The fourth-order valence-electron chi connectivity index (χ4n) is 2.54. The molecule has 0 spiro atoms. The summed E-state index contributed by atoms with van der Waals surface area (Å²) >= 11 is 0. The molecule has 0 aliphatic carbocycles. The molecule has 1 heteroatoms. The van der Waals surface area contributed by atoms with Gasteiger partial charge in [-0.25, -0.2) is 0 Å². The summed E-state index contributed by atoms with van der Waals surface area (Å²) in [6, 6.07) is 6.83. The molecule has 1 unspecified atom stereocenters. The van der Waals surface area contributed by atoms with Crippen LogP contribution in [0.5, 0.6) is 0 Å². The second-order valence-electron chi connectivity index (χ2n) is 7.44. The second-order valence-corrected chi connectivity index (χ2v) is 7.44. The van der Waals surface area contributed by atoms with Crippen LogP contribution in [0.2, 0.25) is 0 Å². The molecular weight excluding hydrogens is 242 g/mol. The Balaban J connectivity index is 2.82. The van der Waals surface area contributed by atoms with E-state index >= 15 is 0 Å². The van der Waals surface area contributed by atoms with E-state index in [1.54, 1.807) is 0 Å². The lowest BCUT2D eigenvalue weighted by atomic mass is 9.73. The maximum Gasteiger partial charge on any atom is 0.00109 e. The van der Waals surface area contributed by atoms with Gasteiger partial charge in [0.15, 0.2) is 0 Å². The van der Waals surface area contributed by atoms with Gasteiger partial charge < -0.3 is 5.32 Å². The summed E-state index contributed by atoms with van der Waals surface area (Å²) in [5.74, 6) is 1.38. The highest BCUT2D eigenvalue weighted by molar-refractivity contribution is 5.31. The number of benzene rings is 1. The first kappa shape index (κ1) is 17.2. The highest BCUT2D eigenvalue weighted by atomic mass is 14.9. The maximum atomic E-state index is 3.66. The number of rotatable bonds is 7. The molecule has 1 aromatic rings. The Morgan fingerprint density at radius 2 is 1.75 bits per heavy atom. The van der Waals surface area contributed by atoms with E-state index in [0.717, 1.165) is 19.5 Å². The van der Waals surface area contributed by atoms with Crippen LogP contribution in [0.1, 0.15) is 51.3 Å². The number of hydrogen-bond acceptors (Lipinski definition) is 1. The predicted octanol–water partition coefficient (Wildman–Crippen LogP) is 4.75. The van der Waals surface area contributed by atoms with Gasteiger partial charge in [-0.15, -0.1) is 0 Å². The van der Waals surface area contributed by atoms with Crippen LogP contribution in [0.25, 0.3) is 0 Å². The summed E-state index contributed by atoms with van der Waals surface area (Å²) in [6.45, 7) is 18.3. The molecule has 114 valence electrons. The third kappa shape index (κ3) is 4.94. The van der Waals surface area contributed by atoms with E-state index in [1.807, 2.05) is 0 Å². The zero-order chi connectivity index (χ0) is 15.3. The van der Waals surface area contributed by atoms with Gasteiger partial charge >= 0.3 is 0 Å². The largest absolute Gasteiger partial charge is 0.316 e. The van der Waals surface area contributed by atoms with Crippen molar-refractivity contribution in [3.63, 3.8) is 0 Å². The number of nitrogens with one attached hydrogen (secondary N) is 1. The van der Waals surface area contributed by atoms with Gasteiger partial charge in [0.1, 0.15) is 0 Å². The van der Waals surface area contributed by atoms with E-state index in [2.05, 4.69) is 72.0 Å². The van der Waals surface area contributed by atoms with E-state index in [1.165, 1.54) is 16.7 Å². The van der Waals surface area contributed by atoms with Crippen LogP contribution in [0.4, 0.5) is 0 Å². The Morgan fingerprint density at radius 1 is 1.10 bits per heavy atom. The summed E-state index contributed by atoms with van der Waals surface area (Å²) in [6.07, 6.45) is 1.16. The van der Waals surface area contributed by atoms with Crippen LogP contribution in [0, 0.1) is 31.1 Å². The van der Waals surface area contributed by atoms with Gasteiger partial charge in [-0.2, -0.15) is 0 Å².